The maximum Gasteiger partial charge on any atom is 0.139 e. The number of benzene rings is 1. The maximum atomic E-state index is 10.7. The summed E-state index contributed by atoms with van der Waals surface area (Å²) in [6, 6.07) is 15.9. The van der Waals surface area contributed by atoms with Gasteiger partial charge in [0.25, 0.3) is 0 Å². The summed E-state index contributed by atoms with van der Waals surface area (Å²) in [6.07, 6.45) is 4.51. The molecule has 5 rings (SSSR count). The molecular weight excluding hydrogens is 362 g/mol. The predicted octanol–water partition coefficient (Wildman–Crippen LogP) is 3.33. The monoisotopic (exact) mass is 387 g/mol. The van der Waals surface area contributed by atoms with E-state index >= 15 is 0 Å². The van der Waals surface area contributed by atoms with Crippen LogP contribution in [-0.4, -0.2) is 35.7 Å². The minimum atomic E-state index is -0.689. The number of aliphatic hydroxyl groups excluding tert-OH is 1. The molecule has 29 heavy (non-hydrogen) atoms. The molecule has 0 bridgehead atoms. The molecule has 4 aromatic rings. The van der Waals surface area contributed by atoms with Crippen molar-refractivity contribution >= 4 is 5.65 Å². The van der Waals surface area contributed by atoms with Crippen LogP contribution in [0.1, 0.15) is 40.7 Å². The molecule has 0 saturated carbocycles. The lowest BCUT2D eigenvalue weighted by Gasteiger charge is -2.17. The summed E-state index contributed by atoms with van der Waals surface area (Å²) < 4.78 is 4.15. The Morgan fingerprint density at radius 3 is 2.79 bits per heavy atom. The highest BCUT2D eigenvalue weighted by atomic mass is 16.3. The number of aryl methyl sites for hydroxylation is 2. The van der Waals surface area contributed by atoms with E-state index in [0.29, 0.717) is 0 Å². The van der Waals surface area contributed by atoms with Gasteiger partial charge in [-0.05, 0) is 36.6 Å². The van der Waals surface area contributed by atoms with Gasteiger partial charge in [0.2, 0.25) is 0 Å². The standard InChI is InChI=1S/C23H25N5O/c1-17-7-5-11-27-15-19(24-23(17)27)14-26-10-6-12-28-20(16-26)13-21(25-28)22(29)18-8-3-2-4-9-18/h2-5,7-9,11,13,15,22,29H,6,10,12,14,16H2,1H3/t22-/m0/s1. The number of rotatable bonds is 4. The number of nitrogens with zero attached hydrogens (tertiary/aromatic N) is 5. The summed E-state index contributed by atoms with van der Waals surface area (Å²) in [5.41, 5.74) is 6.03. The van der Waals surface area contributed by atoms with Gasteiger partial charge in [0.1, 0.15) is 11.8 Å². The first-order valence-electron chi connectivity index (χ1n) is 10.1. The highest BCUT2D eigenvalue weighted by Crippen LogP contribution is 2.24. The number of hydrogen-bond donors (Lipinski definition) is 1. The molecule has 6 heteroatoms. The molecule has 0 saturated heterocycles. The van der Waals surface area contributed by atoms with Crippen LogP contribution in [0.25, 0.3) is 5.65 Å². The molecular formula is C23H25N5O. The molecule has 1 aliphatic rings. The first kappa shape index (κ1) is 18.1. The first-order chi connectivity index (χ1) is 14.2. The van der Waals surface area contributed by atoms with Crippen LogP contribution in [0.3, 0.4) is 0 Å². The zero-order valence-electron chi connectivity index (χ0n) is 16.6. The molecule has 0 aliphatic carbocycles. The second-order valence-corrected chi connectivity index (χ2v) is 7.82. The van der Waals surface area contributed by atoms with Gasteiger partial charge in [-0.25, -0.2) is 4.98 Å². The maximum absolute atomic E-state index is 10.7. The molecule has 1 N–H and O–H groups in total. The molecule has 0 spiro atoms. The largest absolute Gasteiger partial charge is 0.382 e. The summed E-state index contributed by atoms with van der Waals surface area (Å²) in [5.74, 6) is 0. The van der Waals surface area contributed by atoms with Gasteiger partial charge < -0.3 is 9.51 Å². The molecule has 0 unspecified atom stereocenters. The van der Waals surface area contributed by atoms with Crippen LogP contribution in [0, 0.1) is 6.92 Å². The number of aliphatic hydroxyl groups is 1. The summed E-state index contributed by atoms with van der Waals surface area (Å²) >= 11 is 0. The first-order valence-corrected chi connectivity index (χ1v) is 10.1. The lowest BCUT2D eigenvalue weighted by atomic mass is 10.1. The molecule has 1 atom stereocenters. The summed E-state index contributed by atoms with van der Waals surface area (Å²) in [6.45, 7) is 5.59. The van der Waals surface area contributed by atoms with Crippen molar-refractivity contribution in [2.45, 2.75) is 39.1 Å². The normalized spacial score (nSPS) is 15.9. The second kappa shape index (κ2) is 7.46. The average Bonchev–Trinajstić information content (AvgIpc) is 3.28. The van der Waals surface area contributed by atoms with E-state index in [9.17, 15) is 5.11 Å². The van der Waals surface area contributed by atoms with E-state index in [4.69, 9.17) is 10.1 Å². The van der Waals surface area contributed by atoms with Crippen LogP contribution in [0.2, 0.25) is 0 Å². The third kappa shape index (κ3) is 3.57. The number of fused-ring (bicyclic) bond motifs is 2. The fourth-order valence-electron chi connectivity index (χ4n) is 4.14. The third-order valence-electron chi connectivity index (χ3n) is 5.62. The Morgan fingerprint density at radius 1 is 1.10 bits per heavy atom. The van der Waals surface area contributed by atoms with Gasteiger partial charge in [-0.1, -0.05) is 36.4 Å². The Hall–Kier alpha value is -2.96. The topological polar surface area (TPSA) is 58.6 Å². The van der Waals surface area contributed by atoms with E-state index in [1.807, 2.05) is 42.6 Å². The quantitative estimate of drug-likeness (QED) is 0.584. The number of pyridine rings is 1. The molecule has 6 nitrogen and oxygen atoms in total. The van der Waals surface area contributed by atoms with Crippen molar-refractivity contribution < 1.29 is 5.11 Å². The van der Waals surface area contributed by atoms with E-state index in [-0.39, 0.29) is 0 Å². The third-order valence-corrected chi connectivity index (χ3v) is 5.62. The van der Waals surface area contributed by atoms with Crippen molar-refractivity contribution in [2.24, 2.45) is 0 Å². The minimum absolute atomic E-state index is 0.689. The summed E-state index contributed by atoms with van der Waals surface area (Å²) in [7, 11) is 0. The van der Waals surface area contributed by atoms with Gasteiger partial charge in [0, 0.05) is 38.6 Å². The minimum Gasteiger partial charge on any atom is -0.382 e. The van der Waals surface area contributed by atoms with Crippen LogP contribution in [0.15, 0.2) is 60.9 Å². The Bertz CT molecular complexity index is 1130. The number of hydrogen-bond acceptors (Lipinski definition) is 4. The summed E-state index contributed by atoms with van der Waals surface area (Å²) in [5, 5.41) is 15.4. The molecule has 0 radical (unpaired) electrons. The smallest absolute Gasteiger partial charge is 0.139 e. The molecule has 3 aromatic heterocycles. The van der Waals surface area contributed by atoms with E-state index < -0.39 is 6.10 Å². The van der Waals surface area contributed by atoms with Crippen LogP contribution in [-0.2, 0) is 19.6 Å². The molecule has 1 aliphatic heterocycles. The van der Waals surface area contributed by atoms with Crippen molar-refractivity contribution in [1.82, 2.24) is 24.1 Å². The Balaban J connectivity index is 1.36. The fourth-order valence-corrected chi connectivity index (χ4v) is 4.14. The lowest BCUT2D eigenvalue weighted by Crippen LogP contribution is -2.23. The van der Waals surface area contributed by atoms with E-state index in [2.05, 4.69) is 39.2 Å². The predicted molar refractivity (Wildman–Crippen MR) is 111 cm³/mol. The van der Waals surface area contributed by atoms with Gasteiger partial charge in [-0.3, -0.25) is 9.58 Å². The van der Waals surface area contributed by atoms with Gasteiger partial charge in [-0.15, -0.1) is 0 Å². The van der Waals surface area contributed by atoms with E-state index in [1.54, 1.807) is 0 Å². The molecule has 0 fully saturated rings. The number of imidazole rings is 1. The van der Waals surface area contributed by atoms with Crippen molar-refractivity contribution in [3.8, 4) is 0 Å². The van der Waals surface area contributed by atoms with Crippen LogP contribution in [0.5, 0.6) is 0 Å². The Morgan fingerprint density at radius 2 is 1.97 bits per heavy atom. The zero-order chi connectivity index (χ0) is 19.8. The zero-order valence-corrected chi connectivity index (χ0v) is 16.6. The van der Waals surface area contributed by atoms with E-state index in [0.717, 1.165) is 60.9 Å². The highest BCUT2D eigenvalue weighted by molar-refractivity contribution is 5.47. The fraction of sp³-hybridized carbons (Fsp3) is 0.304. The van der Waals surface area contributed by atoms with Gasteiger partial charge in [0.05, 0.1) is 17.1 Å². The van der Waals surface area contributed by atoms with Crippen molar-refractivity contribution in [2.75, 3.05) is 6.54 Å². The van der Waals surface area contributed by atoms with E-state index in [1.165, 1.54) is 5.56 Å². The van der Waals surface area contributed by atoms with Gasteiger partial charge in [0.15, 0.2) is 0 Å². The van der Waals surface area contributed by atoms with Crippen LogP contribution in [0.4, 0.5) is 0 Å². The SMILES string of the molecule is Cc1cccn2cc(CN3CCCn4nc([C@@H](O)c5ccccc5)cc4C3)nc12. The Kier molecular flexibility index (Phi) is 4.66. The van der Waals surface area contributed by atoms with Crippen LogP contribution >= 0.6 is 0 Å². The summed E-state index contributed by atoms with van der Waals surface area (Å²) in [4.78, 5) is 7.24. The van der Waals surface area contributed by atoms with Gasteiger partial charge in [-0.2, -0.15) is 5.10 Å². The van der Waals surface area contributed by atoms with Crippen molar-refractivity contribution in [3.05, 3.63) is 89.1 Å². The lowest BCUT2D eigenvalue weighted by molar-refractivity contribution is 0.213. The average molecular weight is 387 g/mol. The molecule has 4 heterocycles. The second-order valence-electron chi connectivity index (χ2n) is 7.82. The Labute approximate surface area is 170 Å². The molecule has 0 amide bonds. The highest BCUT2D eigenvalue weighted by Gasteiger charge is 2.21. The number of aromatic nitrogens is 4. The van der Waals surface area contributed by atoms with Gasteiger partial charge >= 0.3 is 0 Å². The van der Waals surface area contributed by atoms with Crippen molar-refractivity contribution in [1.29, 1.82) is 0 Å². The molecule has 148 valence electrons. The van der Waals surface area contributed by atoms with Crippen LogP contribution < -0.4 is 0 Å². The molecule has 1 aromatic carbocycles. The van der Waals surface area contributed by atoms with Crippen molar-refractivity contribution in [3.63, 3.8) is 0 Å².